The number of rotatable bonds is 8. The molecule has 0 aliphatic carbocycles. The summed E-state index contributed by atoms with van der Waals surface area (Å²) in [5.74, 6) is -0.232. The van der Waals surface area contributed by atoms with Crippen molar-refractivity contribution in [3.63, 3.8) is 0 Å². The van der Waals surface area contributed by atoms with Crippen LogP contribution in [-0.2, 0) is 19.1 Å². The Morgan fingerprint density at radius 3 is 2.61 bits per heavy atom. The maximum absolute atomic E-state index is 12.0. The smallest absolute Gasteiger partial charge is 0.409 e. The van der Waals surface area contributed by atoms with Gasteiger partial charge in [0.25, 0.3) is 5.91 Å². The Hall–Kier alpha value is -1.93. The van der Waals surface area contributed by atoms with Crippen LogP contribution in [0.3, 0.4) is 0 Å². The van der Waals surface area contributed by atoms with Crippen molar-refractivity contribution < 1.29 is 23.9 Å². The van der Waals surface area contributed by atoms with Gasteiger partial charge in [0, 0.05) is 29.8 Å². The first-order valence-corrected chi connectivity index (χ1v) is 10.6. The number of halogens is 1. The molecule has 9 heteroatoms. The molecule has 28 heavy (non-hydrogen) atoms. The molecule has 1 fully saturated rings. The van der Waals surface area contributed by atoms with Crippen molar-refractivity contribution >= 4 is 41.3 Å². The minimum absolute atomic E-state index is 0.0346. The molecule has 7 nitrogen and oxygen atoms in total. The first kappa shape index (κ1) is 22.4. The first-order valence-electron chi connectivity index (χ1n) is 9.23. The van der Waals surface area contributed by atoms with Gasteiger partial charge in [-0.3, -0.25) is 9.59 Å². The third kappa shape index (κ3) is 7.59. The lowest BCUT2D eigenvalue weighted by atomic mass is 10.1. The van der Waals surface area contributed by atoms with E-state index in [1.807, 2.05) is 18.2 Å². The molecular weight excluding hydrogens is 404 g/mol. The number of benzene rings is 1. The van der Waals surface area contributed by atoms with Crippen molar-refractivity contribution in [2.75, 3.05) is 32.1 Å². The molecule has 1 saturated heterocycles. The molecular formula is C19H25ClN2O5S. The molecule has 1 aromatic rings. The predicted octanol–water partition coefficient (Wildman–Crippen LogP) is 3.10. The third-order valence-corrected chi connectivity index (χ3v) is 5.67. The second-order valence-corrected chi connectivity index (χ2v) is 7.76. The Labute approximate surface area is 174 Å². The maximum atomic E-state index is 12.0. The Balaban J connectivity index is 1.59. The highest BCUT2D eigenvalue weighted by molar-refractivity contribution is 7.99. The molecule has 1 aliphatic rings. The number of nitrogens with zero attached hydrogens (tertiary/aromatic N) is 1. The third-order valence-electron chi connectivity index (χ3n) is 4.15. The molecule has 0 unspecified atom stereocenters. The highest BCUT2D eigenvalue weighted by Gasteiger charge is 2.24. The van der Waals surface area contributed by atoms with Crippen molar-refractivity contribution in [2.45, 2.75) is 37.1 Å². The van der Waals surface area contributed by atoms with Gasteiger partial charge in [0.1, 0.15) is 0 Å². The van der Waals surface area contributed by atoms with E-state index in [2.05, 4.69) is 5.32 Å². The van der Waals surface area contributed by atoms with E-state index < -0.39 is 5.97 Å². The fraction of sp³-hybridized carbons (Fsp3) is 0.526. The molecule has 2 amide bonds. The second-order valence-electron chi connectivity index (χ2n) is 6.22. The van der Waals surface area contributed by atoms with Crippen molar-refractivity contribution in [1.29, 1.82) is 0 Å². The summed E-state index contributed by atoms with van der Waals surface area (Å²) in [4.78, 5) is 37.9. The Bertz CT molecular complexity index is 680. The molecule has 1 N–H and O–H groups in total. The van der Waals surface area contributed by atoms with Gasteiger partial charge in [0.05, 0.1) is 18.1 Å². The van der Waals surface area contributed by atoms with Crippen molar-refractivity contribution in [3.8, 4) is 0 Å². The second kappa shape index (κ2) is 11.8. The Morgan fingerprint density at radius 1 is 1.21 bits per heavy atom. The summed E-state index contributed by atoms with van der Waals surface area (Å²) in [6, 6.07) is 7.38. The van der Waals surface area contributed by atoms with Crippen LogP contribution in [0.15, 0.2) is 29.2 Å². The summed E-state index contributed by atoms with van der Waals surface area (Å²) in [7, 11) is 0. The van der Waals surface area contributed by atoms with Crippen LogP contribution in [0.5, 0.6) is 0 Å². The standard InChI is InChI=1S/C19H25ClN2O5S/c1-2-26-19(25)22-10-7-14(8-11-22)21-17(23)13-27-18(24)9-12-28-16-6-4-3-5-15(16)20/h3-6,14H,2,7-13H2,1H3,(H,21,23). The van der Waals surface area contributed by atoms with Gasteiger partial charge in [0.15, 0.2) is 6.61 Å². The van der Waals surface area contributed by atoms with E-state index in [4.69, 9.17) is 21.1 Å². The van der Waals surface area contributed by atoms with Crippen molar-refractivity contribution in [3.05, 3.63) is 29.3 Å². The lowest BCUT2D eigenvalue weighted by Crippen LogP contribution is -2.47. The summed E-state index contributed by atoms with van der Waals surface area (Å²) in [6.07, 6.45) is 1.16. The Kier molecular flexibility index (Phi) is 9.43. The molecule has 1 heterocycles. The first-order chi connectivity index (χ1) is 13.5. The van der Waals surface area contributed by atoms with Crippen LogP contribution in [0.25, 0.3) is 0 Å². The largest absolute Gasteiger partial charge is 0.456 e. The van der Waals surface area contributed by atoms with Crippen LogP contribution in [-0.4, -0.2) is 61.0 Å². The van der Waals surface area contributed by atoms with Gasteiger partial charge in [-0.25, -0.2) is 4.79 Å². The van der Waals surface area contributed by atoms with Crippen molar-refractivity contribution in [1.82, 2.24) is 10.2 Å². The highest BCUT2D eigenvalue weighted by Crippen LogP contribution is 2.26. The summed E-state index contributed by atoms with van der Waals surface area (Å²) in [5, 5.41) is 3.48. The zero-order chi connectivity index (χ0) is 20.4. The number of amides is 2. The van der Waals surface area contributed by atoms with Gasteiger partial charge in [-0.05, 0) is 31.9 Å². The number of hydrogen-bond acceptors (Lipinski definition) is 6. The maximum Gasteiger partial charge on any atom is 0.409 e. The lowest BCUT2D eigenvalue weighted by molar-refractivity contribution is -0.148. The summed E-state index contributed by atoms with van der Waals surface area (Å²) < 4.78 is 9.99. The van der Waals surface area contributed by atoms with Gasteiger partial charge >= 0.3 is 12.1 Å². The zero-order valence-electron chi connectivity index (χ0n) is 15.8. The lowest BCUT2D eigenvalue weighted by Gasteiger charge is -2.31. The molecule has 154 valence electrons. The minimum atomic E-state index is -0.424. The van der Waals surface area contributed by atoms with Crippen LogP contribution >= 0.6 is 23.4 Å². The Morgan fingerprint density at radius 2 is 1.93 bits per heavy atom. The van der Waals surface area contributed by atoms with E-state index in [0.717, 1.165) is 4.90 Å². The highest BCUT2D eigenvalue weighted by atomic mass is 35.5. The van der Waals surface area contributed by atoms with E-state index in [1.165, 1.54) is 11.8 Å². The van der Waals surface area contributed by atoms with E-state index in [-0.39, 0.29) is 31.1 Å². The molecule has 1 aromatic carbocycles. The zero-order valence-corrected chi connectivity index (χ0v) is 17.4. The number of likely N-dealkylation sites (tertiary alicyclic amines) is 1. The van der Waals surface area contributed by atoms with Crippen LogP contribution in [0.4, 0.5) is 4.79 Å². The molecule has 0 aromatic heterocycles. The van der Waals surface area contributed by atoms with Gasteiger partial charge in [-0.1, -0.05) is 23.7 Å². The number of ether oxygens (including phenoxy) is 2. The predicted molar refractivity (Wildman–Crippen MR) is 108 cm³/mol. The summed E-state index contributed by atoms with van der Waals surface area (Å²) in [6.45, 7) is 2.87. The van der Waals surface area contributed by atoms with Gasteiger partial charge < -0.3 is 19.7 Å². The summed E-state index contributed by atoms with van der Waals surface area (Å²) in [5.41, 5.74) is 0. The quantitative estimate of drug-likeness (QED) is 0.506. The monoisotopic (exact) mass is 428 g/mol. The SMILES string of the molecule is CCOC(=O)N1CCC(NC(=O)COC(=O)CCSc2ccccc2Cl)CC1. The number of carbonyl (C=O) groups excluding carboxylic acids is 3. The van der Waals surface area contributed by atoms with E-state index >= 15 is 0 Å². The molecule has 0 bridgehead atoms. The van der Waals surface area contributed by atoms with Gasteiger partial charge in [0.2, 0.25) is 0 Å². The van der Waals surface area contributed by atoms with E-state index in [9.17, 15) is 14.4 Å². The van der Waals surface area contributed by atoms with Crippen LogP contribution in [0, 0.1) is 0 Å². The molecule has 0 radical (unpaired) electrons. The average molecular weight is 429 g/mol. The topological polar surface area (TPSA) is 84.9 Å². The van der Waals surface area contributed by atoms with Gasteiger partial charge in [-0.2, -0.15) is 0 Å². The molecule has 0 atom stereocenters. The molecule has 0 saturated carbocycles. The van der Waals surface area contributed by atoms with Gasteiger partial charge in [-0.15, -0.1) is 11.8 Å². The number of esters is 1. The van der Waals surface area contributed by atoms with Crippen LogP contribution < -0.4 is 5.32 Å². The number of carbonyl (C=O) groups is 3. The molecule has 1 aliphatic heterocycles. The fourth-order valence-electron chi connectivity index (χ4n) is 2.71. The normalized spacial score (nSPS) is 14.4. The number of nitrogens with one attached hydrogen (secondary N) is 1. The molecule has 0 spiro atoms. The summed E-state index contributed by atoms with van der Waals surface area (Å²) >= 11 is 7.53. The fourth-order valence-corrected chi connectivity index (χ4v) is 3.88. The number of piperidine rings is 1. The number of thioether (sulfide) groups is 1. The average Bonchev–Trinajstić information content (AvgIpc) is 2.68. The molecule has 2 rings (SSSR count). The minimum Gasteiger partial charge on any atom is -0.456 e. The number of hydrogen-bond donors (Lipinski definition) is 1. The van der Waals surface area contributed by atoms with Crippen LogP contribution in [0.2, 0.25) is 5.02 Å². The van der Waals surface area contributed by atoms with E-state index in [1.54, 1.807) is 17.9 Å². The van der Waals surface area contributed by atoms with Crippen molar-refractivity contribution in [2.24, 2.45) is 0 Å². The van der Waals surface area contributed by atoms with Crippen LogP contribution in [0.1, 0.15) is 26.2 Å². The van der Waals surface area contributed by atoms with E-state index in [0.29, 0.717) is 43.3 Å².